The Balaban J connectivity index is 2.05. The molecule has 0 aliphatic rings. The lowest BCUT2D eigenvalue weighted by Gasteiger charge is -2.08. The van der Waals surface area contributed by atoms with Crippen LogP contribution in [-0.2, 0) is 13.6 Å². The van der Waals surface area contributed by atoms with Crippen LogP contribution in [0, 0.1) is 0 Å². The summed E-state index contributed by atoms with van der Waals surface area (Å²) in [6, 6.07) is 9.62. The highest BCUT2D eigenvalue weighted by atomic mass is 35.5. The van der Waals surface area contributed by atoms with Crippen molar-refractivity contribution in [2.75, 3.05) is 5.32 Å². The number of rotatable bonds is 3. The van der Waals surface area contributed by atoms with E-state index in [1.807, 2.05) is 31.4 Å². The number of aryl methyl sites for hydroxylation is 1. The topological polar surface area (TPSA) is 17.0 Å². The van der Waals surface area contributed by atoms with E-state index in [-0.39, 0.29) is 0 Å². The molecule has 0 radical (unpaired) electrons. The van der Waals surface area contributed by atoms with Gasteiger partial charge in [0.1, 0.15) is 0 Å². The third-order valence-corrected chi connectivity index (χ3v) is 3.18. The second-order valence-electron chi connectivity index (χ2n) is 3.59. The Labute approximate surface area is 105 Å². The van der Waals surface area contributed by atoms with Gasteiger partial charge >= 0.3 is 0 Å². The summed E-state index contributed by atoms with van der Waals surface area (Å²) in [5.74, 6) is 0. The van der Waals surface area contributed by atoms with Crippen molar-refractivity contribution in [1.82, 2.24) is 4.57 Å². The zero-order chi connectivity index (χ0) is 11.5. The predicted octanol–water partition coefficient (Wildman–Crippen LogP) is 3.94. The van der Waals surface area contributed by atoms with E-state index in [0.29, 0.717) is 10.0 Å². The summed E-state index contributed by atoms with van der Waals surface area (Å²) in [5.41, 5.74) is 2.18. The van der Waals surface area contributed by atoms with Crippen LogP contribution in [0.4, 0.5) is 5.69 Å². The van der Waals surface area contributed by atoms with Crippen LogP contribution in [0.1, 0.15) is 5.69 Å². The van der Waals surface area contributed by atoms with Gasteiger partial charge in [-0.05, 0) is 30.3 Å². The summed E-state index contributed by atoms with van der Waals surface area (Å²) in [5, 5.41) is 4.44. The van der Waals surface area contributed by atoms with E-state index >= 15 is 0 Å². The molecule has 4 heteroatoms. The van der Waals surface area contributed by atoms with Crippen molar-refractivity contribution < 1.29 is 0 Å². The second-order valence-corrected chi connectivity index (χ2v) is 4.41. The molecular formula is C12H12Cl2N2. The lowest BCUT2D eigenvalue weighted by atomic mass is 10.3. The van der Waals surface area contributed by atoms with Gasteiger partial charge in [-0.1, -0.05) is 23.2 Å². The maximum atomic E-state index is 5.93. The number of anilines is 1. The molecule has 0 fully saturated rings. The number of benzene rings is 1. The summed E-state index contributed by atoms with van der Waals surface area (Å²) in [6.45, 7) is 0.765. The van der Waals surface area contributed by atoms with Crippen molar-refractivity contribution in [3.63, 3.8) is 0 Å². The summed E-state index contributed by atoms with van der Waals surface area (Å²) in [4.78, 5) is 0. The molecule has 2 nitrogen and oxygen atoms in total. The molecule has 1 N–H and O–H groups in total. The van der Waals surface area contributed by atoms with E-state index in [1.54, 1.807) is 6.07 Å². The maximum Gasteiger partial charge on any atom is 0.0612 e. The van der Waals surface area contributed by atoms with Gasteiger partial charge in [0.2, 0.25) is 0 Å². The van der Waals surface area contributed by atoms with Gasteiger partial charge < -0.3 is 9.88 Å². The van der Waals surface area contributed by atoms with Gasteiger partial charge in [0.15, 0.2) is 0 Å². The zero-order valence-electron chi connectivity index (χ0n) is 8.87. The third-order valence-electron chi connectivity index (χ3n) is 2.44. The van der Waals surface area contributed by atoms with Crippen LogP contribution in [-0.4, -0.2) is 4.57 Å². The van der Waals surface area contributed by atoms with Gasteiger partial charge in [-0.2, -0.15) is 0 Å². The number of aromatic nitrogens is 1. The quantitative estimate of drug-likeness (QED) is 0.878. The molecule has 0 saturated heterocycles. The number of nitrogens with zero attached hydrogens (tertiary/aromatic N) is 1. The van der Waals surface area contributed by atoms with Crippen molar-refractivity contribution in [2.24, 2.45) is 7.05 Å². The molecule has 0 atom stereocenters. The predicted molar refractivity (Wildman–Crippen MR) is 69.2 cm³/mol. The fraction of sp³-hybridized carbons (Fsp3) is 0.167. The largest absolute Gasteiger partial charge is 0.379 e. The van der Waals surface area contributed by atoms with E-state index in [4.69, 9.17) is 23.2 Å². The molecule has 0 amide bonds. The molecular weight excluding hydrogens is 243 g/mol. The first-order chi connectivity index (χ1) is 7.66. The molecule has 0 aliphatic heterocycles. The fourth-order valence-corrected chi connectivity index (χ4v) is 1.78. The van der Waals surface area contributed by atoms with Crippen LogP contribution in [0.25, 0.3) is 0 Å². The zero-order valence-corrected chi connectivity index (χ0v) is 10.4. The summed E-state index contributed by atoms with van der Waals surface area (Å²) in [7, 11) is 2.02. The minimum atomic E-state index is 0.568. The fourth-order valence-electron chi connectivity index (χ4n) is 1.48. The van der Waals surface area contributed by atoms with E-state index in [2.05, 4.69) is 16.0 Å². The minimum absolute atomic E-state index is 0.568. The van der Waals surface area contributed by atoms with Crippen LogP contribution in [0.3, 0.4) is 0 Å². The van der Waals surface area contributed by atoms with Gasteiger partial charge in [-0.15, -0.1) is 0 Å². The Morgan fingerprint density at radius 3 is 2.62 bits per heavy atom. The maximum absolute atomic E-state index is 5.93. The molecule has 0 aliphatic carbocycles. The van der Waals surface area contributed by atoms with Crippen LogP contribution >= 0.6 is 23.2 Å². The van der Waals surface area contributed by atoms with Crippen molar-refractivity contribution in [1.29, 1.82) is 0 Å². The first kappa shape index (κ1) is 11.4. The number of halogens is 2. The normalized spacial score (nSPS) is 10.4. The number of hydrogen-bond donors (Lipinski definition) is 1. The van der Waals surface area contributed by atoms with Gasteiger partial charge in [-0.25, -0.2) is 0 Å². The highest BCUT2D eigenvalue weighted by Crippen LogP contribution is 2.25. The first-order valence-electron chi connectivity index (χ1n) is 4.96. The monoisotopic (exact) mass is 254 g/mol. The third kappa shape index (κ3) is 2.52. The standard InChI is InChI=1S/C12H12Cl2N2/c1-16-6-2-3-10(16)8-15-9-4-5-11(13)12(14)7-9/h2-7,15H,8H2,1H3. The lowest BCUT2D eigenvalue weighted by molar-refractivity contribution is 0.842. The minimum Gasteiger partial charge on any atom is -0.379 e. The first-order valence-corrected chi connectivity index (χ1v) is 5.71. The SMILES string of the molecule is Cn1cccc1CNc1ccc(Cl)c(Cl)c1. The van der Waals surface area contributed by atoms with Crippen molar-refractivity contribution in [3.8, 4) is 0 Å². The van der Waals surface area contributed by atoms with E-state index < -0.39 is 0 Å². The Morgan fingerprint density at radius 1 is 1.19 bits per heavy atom. The number of nitrogens with one attached hydrogen (secondary N) is 1. The van der Waals surface area contributed by atoms with Crippen molar-refractivity contribution in [3.05, 3.63) is 52.3 Å². The van der Waals surface area contributed by atoms with Crippen LogP contribution in [0.5, 0.6) is 0 Å². The van der Waals surface area contributed by atoms with Gasteiger partial charge in [0.25, 0.3) is 0 Å². The Bertz CT molecular complexity index is 492. The smallest absolute Gasteiger partial charge is 0.0612 e. The molecule has 1 heterocycles. The van der Waals surface area contributed by atoms with Crippen molar-refractivity contribution >= 4 is 28.9 Å². The second kappa shape index (κ2) is 4.81. The van der Waals surface area contributed by atoms with Crippen LogP contribution in [0.15, 0.2) is 36.5 Å². The Kier molecular flexibility index (Phi) is 3.42. The van der Waals surface area contributed by atoms with Crippen molar-refractivity contribution in [2.45, 2.75) is 6.54 Å². The highest BCUT2D eigenvalue weighted by molar-refractivity contribution is 6.42. The van der Waals surface area contributed by atoms with Gasteiger partial charge in [0.05, 0.1) is 16.6 Å². The lowest BCUT2D eigenvalue weighted by Crippen LogP contribution is -2.03. The van der Waals surface area contributed by atoms with E-state index in [9.17, 15) is 0 Å². The molecule has 0 unspecified atom stereocenters. The summed E-state index contributed by atoms with van der Waals surface area (Å²) in [6.07, 6.45) is 2.02. The molecule has 1 aromatic carbocycles. The molecule has 2 aromatic rings. The average Bonchev–Trinajstić information content (AvgIpc) is 2.66. The molecule has 0 saturated carbocycles. The molecule has 84 valence electrons. The summed E-state index contributed by atoms with van der Waals surface area (Å²) >= 11 is 11.8. The Hall–Kier alpha value is -1.12. The number of hydrogen-bond acceptors (Lipinski definition) is 1. The van der Waals surface area contributed by atoms with Gasteiger partial charge in [0, 0.05) is 24.6 Å². The average molecular weight is 255 g/mol. The molecule has 0 spiro atoms. The summed E-state index contributed by atoms with van der Waals surface area (Å²) < 4.78 is 2.07. The van der Waals surface area contributed by atoms with E-state index in [1.165, 1.54) is 5.69 Å². The van der Waals surface area contributed by atoms with Crippen LogP contribution in [0.2, 0.25) is 10.0 Å². The Morgan fingerprint density at radius 2 is 2.00 bits per heavy atom. The highest BCUT2D eigenvalue weighted by Gasteiger charge is 2.00. The van der Waals surface area contributed by atoms with E-state index in [0.717, 1.165) is 12.2 Å². The van der Waals surface area contributed by atoms with Gasteiger partial charge in [-0.3, -0.25) is 0 Å². The molecule has 0 bridgehead atoms. The molecule has 1 aromatic heterocycles. The van der Waals surface area contributed by atoms with Crippen LogP contribution < -0.4 is 5.32 Å². The molecule has 16 heavy (non-hydrogen) atoms. The molecule has 2 rings (SSSR count).